The van der Waals surface area contributed by atoms with Gasteiger partial charge in [0.05, 0.1) is 35.0 Å². The number of hydrogen-bond donors (Lipinski definition) is 0. The van der Waals surface area contributed by atoms with Crippen LogP contribution in [0.2, 0.25) is 0 Å². The Morgan fingerprint density at radius 1 is 0.979 bits per heavy atom. The number of nitrogens with zero attached hydrogens (tertiary/aromatic N) is 4. The summed E-state index contributed by atoms with van der Waals surface area (Å²) in [7, 11) is 3.19. The molecule has 0 aliphatic carbocycles. The molecule has 0 saturated carbocycles. The number of amides is 1. The Labute approximate surface area is 271 Å². The maximum absolute atomic E-state index is 13.9. The number of hydrogen-bond acceptors (Lipinski definition) is 8. The topological polar surface area (TPSA) is 104 Å². The van der Waals surface area contributed by atoms with Gasteiger partial charge in [-0.2, -0.15) is 27.9 Å². The van der Waals surface area contributed by atoms with Crippen molar-refractivity contribution in [2.75, 3.05) is 38.9 Å². The van der Waals surface area contributed by atoms with Crippen molar-refractivity contribution in [3.63, 3.8) is 0 Å². The zero-order valence-corrected chi connectivity index (χ0v) is 26.2. The third-order valence-corrected chi connectivity index (χ3v) is 7.97. The predicted octanol–water partition coefficient (Wildman–Crippen LogP) is 6.84. The highest BCUT2D eigenvalue weighted by atomic mass is 32.1. The number of thiazole rings is 1. The van der Waals surface area contributed by atoms with E-state index in [1.165, 1.54) is 40.5 Å². The van der Waals surface area contributed by atoms with E-state index < -0.39 is 11.7 Å². The summed E-state index contributed by atoms with van der Waals surface area (Å²) in [5.41, 5.74) is 3.64. The van der Waals surface area contributed by atoms with Crippen LogP contribution in [-0.4, -0.2) is 60.8 Å². The molecular weight excluding hydrogens is 640 g/mol. The number of carbonyl (C=O) groups is 1. The SMILES string of the molecule is COCCOCC(=O)N(C)c1ccc(-c2sc(-n3cc(-c4cccc(F)c4)c(C)n3)nc2-c2ccc(C(F)(F)F)cc2)cc1.O=C=O. The highest BCUT2D eigenvalue weighted by Crippen LogP contribution is 2.40. The molecule has 0 radical (unpaired) electrons. The highest BCUT2D eigenvalue weighted by Gasteiger charge is 2.30. The first kappa shape index (κ1) is 34.9. The minimum Gasteiger partial charge on any atom is -0.382 e. The van der Waals surface area contributed by atoms with Gasteiger partial charge in [0.15, 0.2) is 0 Å². The smallest absolute Gasteiger partial charge is 0.382 e. The maximum Gasteiger partial charge on any atom is 0.416 e. The molecule has 244 valence electrons. The number of alkyl halides is 3. The van der Waals surface area contributed by atoms with Crippen LogP contribution < -0.4 is 4.90 Å². The Morgan fingerprint density at radius 3 is 2.26 bits per heavy atom. The fourth-order valence-corrected chi connectivity index (χ4v) is 5.51. The predicted molar refractivity (Wildman–Crippen MR) is 166 cm³/mol. The van der Waals surface area contributed by atoms with Gasteiger partial charge in [0.2, 0.25) is 5.13 Å². The Balaban J connectivity index is 0.00000160. The quantitative estimate of drug-likeness (QED) is 0.119. The monoisotopic (exact) mass is 668 g/mol. The molecule has 9 nitrogen and oxygen atoms in total. The lowest BCUT2D eigenvalue weighted by Crippen LogP contribution is -2.30. The second-order valence-corrected chi connectivity index (χ2v) is 10.9. The van der Waals surface area contributed by atoms with Crippen LogP contribution in [0.3, 0.4) is 0 Å². The van der Waals surface area contributed by atoms with Gasteiger partial charge in [0.1, 0.15) is 12.4 Å². The molecule has 2 aromatic heterocycles. The summed E-state index contributed by atoms with van der Waals surface area (Å²) in [6.45, 7) is 2.39. The van der Waals surface area contributed by atoms with Gasteiger partial charge in [-0.05, 0) is 54.4 Å². The minimum absolute atomic E-state index is 0.0984. The zero-order chi connectivity index (χ0) is 34.1. The van der Waals surface area contributed by atoms with Crippen molar-refractivity contribution < 1.29 is 41.4 Å². The molecule has 5 rings (SSSR count). The first-order chi connectivity index (χ1) is 22.5. The van der Waals surface area contributed by atoms with E-state index in [0.717, 1.165) is 23.3 Å². The van der Waals surface area contributed by atoms with E-state index in [1.54, 1.807) is 56.2 Å². The van der Waals surface area contributed by atoms with Crippen molar-refractivity contribution in [1.29, 1.82) is 0 Å². The molecular formula is C33H28F4N4O5S. The molecule has 5 aromatic rings. The number of likely N-dealkylation sites (N-methyl/N-ethyl adjacent to an activating group) is 1. The molecule has 0 bridgehead atoms. The van der Waals surface area contributed by atoms with Crippen molar-refractivity contribution in [3.05, 3.63) is 96.1 Å². The molecule has 0 aliphatic rings. The van der Waals surface area contributed by atoms with Crippen LogP contribution in [0.5, 0.6) is 0 Å². The van der Waals surface area contributed by atoms with Crippen molar-refractivity contribution in [3.8, 4) is 38.0 Å². The van der Waals surface area contributed by atoms with E-state index in [1.807, 2.05) is 12.1 Å². The molecule has 0 fully saturated rings. The van der Waals surface area contributed by atoms with Gasteiger partial charge in [-0.1, -0.05) is 47.7 Å². The number of aromatic nitrogens is 3. The van der Waals surface area contributed by atoms with E-state index in [2.05, 4.69) is 5.10 Å². The summed E-state index contributed by atoms with van der Waals surface area (Å²) in [5, 5.41) is 5.07. The Morgan fingerprint density at radius 2 is 1.64 bits per heavy atom. The first-order valence-corrected chi connectivity index (χ1v) is 14.7. The molecule has 2 heterocycles. The summed E-state index contributed by atoms with van der Waals surface area (Å²) in [5.74, 6) is -0.604. The van der Waals surface area contributed by atoms with Crippen molar-refractivity contribution in [2.24, 2.45) is 0 Å². The highest BCUT2D eigenvalue weighted by molar-refractivity contribution is 7.18. The zero-order valence-electron chi connectivity index (χ0n) is 25.4. The van der Waals surface area contributed by atoms with Crippen LogP contribution in [0.25, 0.3) is 38.0 Å². The van der Waals surface area contributed by atoms with Crippen LogP contribution in [-0.2, 0) is 30.0 Å². The third-order valence-electron chi connectivity index (χ3n) is 6.88. The number of aryl methyl sites for hydroxylation is 1. The maximum atomic E-state index is 13.9. The van der Waals surface area contributed by atoms with E-state index in [4.69, 9.17) is 24.0 Å². The van der Waals surface area contributed by atoms with E-state index in [0.29, 0.717) is 51.4 Å². The average Bonchev–Trinajstić information content (AvgIpc) is 3.67. The van der Waals surface area contributed by atoms with Gasteiger partial charge < -0.3 is 14.4 Å². The molecule has 0 atom stereocenters. The lowest BCUT2D eigenvalue weighted by atomic mass is 10.0. The van der Waals surface area contributed by atoms with Gasteiger partial charge in [-0.15, -0.1) is 0 Å². The fourth-order valence-electron chi connectivity index (χ4n) is 4.49. The van der Waals surface area contributed by atoms with E-state index >= 15 is 0 Å². The summed E-state index contributed by atoms with van der Waals surface area (Å²) in [6, 6.07) is 18.2. The molecule has 47 heavy (non-hydrogen) atoms. The van der Waals surface area contributed by atoms with Crippen LogP contribution >= 0.6 is 11.3 Å². The molecule has 0 N–H and O–H groups in total. The largest absolute Gasteiger partial charge is 0.416 e. The van der Waals surface area contributed by atoms with E-state index in [-0.39, 0.29) is 24.5 Å². The lowest BCUT2D eigenvalue weighted by Gasteiger charge is -2.17. The second kappa shape index (κ2) is 15.5. The molecule has 0 aliphatic heterocycles. The normalized spacial score (nSPS) is 11.0. The number of halogens is 4. The summed E-state index contributed by atoms with van der Waals surface area (Å²) in [4.78, 5) is 35.8. The van der Waals surface area contributed by atoms with Crippen molar-refractivity contribution in [1.82, 2.24) is 14.8 Å². The van der Waals surface area contributed by atoms with Gasteiger partial charge in [-0.3, -0.25) is 4.79 Å². The fraction of sp³-hybridized carbons (Fsp3) is 0.212. The van der Waals surface area contributed by atoms with Crippen LogP contribution in [0.1, 0.15) is 11.3 Å². The molecule has 3 aromatic carbocycles. The minimum atomic E-state index is -4.47. The number of methoxy groups -OCH3 is 1. The molecule has 0 unspecified atom stereocenters. The number of rotatable bonds is 10. The van der Waals surface area contributed by atoms with Crippen LogP contribution in [0, 0.1) is 12.7 Å². The Bertz CT molecular complexity index is 1850. The van der Waals surface area contributed by atoms with Crippen molar-refractivity contribution in [2.45, 2.75) is 13.1 Å². The number of anilines is 1. The lowest BCUT2D eigenvalue weighted by molar-refractivity contribution is -0.191. The number of ether oxygens (including phenoxy) is 2. The molecule has 1 amide bonds. The Kier molecular flexibility index (Phi) is 11.5. The van der Waals surface area contributed by atoms with Crippen LogP contribution in [0.15, 0.2) is 79.0 Å². The third kappa shape index (κ3) is 8.63. The standard InChI is InChI=1S/C32H28F4N4O3S.CO2/c1-20-27(23-5-4-6-25(33)17-23)18-40(38-20)31-37-29(21-7-11-24(12-8-21)32(34,35)36)30(44-31)22-9-13-26(14-10-22)39(2)28(41)19-43-16-15-42-3;2-1-3/h4-14,17-18H,15-16,19H2,1-3H3;. The van der Waals surface area contributed by atoms with Gasteiger partial charge in [0.25, 0.3) is 5.91 Å². The molecule has 0 spiro atoms. The average molecular weight is 669 g/mol. The number of carbonyl (C=O) groups excluding carboxylic acids is 3. The Hall–Kier alpha value is -5.01. The summed E-state index contributed by atoms with van der Waals surface area (Å²) < 4.78 is 65.6. The summed E-state index contributed by atoms with van der Waals surface area (Å²) >= 11 is 1.31. The second-order valence-electron chi connectivity index (χ2n) is 9.96. The number of benzene rings is 3. The van der Waals surface area contributed by atoms with E-state index in [9.17, 15) is 22.4 Å². The van der Waals surface area contributed by atoms with Gasteiger partial charge in [0, 0.05) is 37.2 Å². The molecule has 14 heteroatoms. The van der Waals surface area contributed by atoms with Gasteiger partial charge >= 0.3 is 12.3 Å². The van der Waals surface area contributed by atoms with Crippen molar-refractivity contribution >= 4 is 29.1 Å². The van der Waals surface area contributed by atoms with Gasteiger partial charge in [-0.25, -0.2) is 14.1 Å². The molecule has 0 saturated heterocycles. The summed E-state index contributed by atoms with van der Waals surface area (Å²) in [6.07, 6.45) is -2.47. The first-order valence-electron chi connectivity index (χ1n) is 13.9. The van der Waals surface area contributed by atoms with Crippen LogP contribution in [0.4, 0.5) is 23.2 Å².